The molecule has 1 aromatic heterocycles. The molecule has 1 fully saturated rings. The first-order chi connectivity index (χ1) is 17.9. The number of nitrogens with zero attached hydrogens (tertiary/aromatic N) is 3. The summed E-state index contributed by atoms with van der Waals surface area (Å²) in [7, 11) is 0. The second kappa shape index (κ2) is 14.6. The average Bonchev–Trinajstić information content (AvgIpc) is 2.90. The molecule has 0 saturated carbocycles. The van der Waals surface area contributed by atoms with Crippen LogP contribution in [0.5, 0.6) is 0 Å². The van der Waals surface area contributed by atoms with Gasteiger partial charge in [-0.2, -0.15) is 0 Å². The summed E-state index contributed by atoms with van der Waals surface area (Å²) in [5, 5.41) is 12.4. The Morgan fingerprint density at radius 3 is 2.32 bits per heavy atom. The van der Waals surface area contributed by atoms with E-state index >= 15 is 0 Å². The maximum Gasteiger partial charge on any atom is 1.00 e. The molecule has 38 heavy (non-hydrogen) atoms. The van der Waals surface area contributed by atoms with E-state index < -0.39 is 17.9 Å². The molecule has 0 aliphatic carbocycles. The smallest absolute Gasteiger partial charge is 1.00 e. The number of hydrogen-bond acceptors (Lipinski definition) is 6. The van der Waals surface area contributed by atoms with Gasteiger partial charge in [0.25, 0.3) is 5.91 Å². The maximum absolute atomic E-state index is 12.6. The van der Waals surface area contributed by atoms with E-state index in [1.54, 1.807) is 30.6 Å². The molecule has 2 heterocycles. The first-order valence-corrected chi connectivity index (χ1v) is 12.6. The number of carbonyl (C=O) groups is 2. The monoisotopic (exact) mass is 564 g/mol. The molecule has 1 atom stereocenters. The number of carboxylic acid groups (broad SMARTS) is 1. The number of amides is 1. The molecule has 1 amide bonds. The molecule has 0 bridgehead atoms. The van der Waals surface area contributed by atoms with E-state index in [0.29, 0.717) is 19.2 Å². The van der Waals surface area contributed by atoms with Crippen molar-refractivity contribution in [3.63, 3.8) is 0 Å². The van der Waals surface area contributed by atoms with Gasteiger partial charge in [-0.1, -0.05) is 53.6 Å². The number of nitrogens with one attached hydrogen (secondary N) is 1. The summed E-state index contributed by atoms with van der Waals surface area (Å²) in [5.41, 5.74) is 1.89. The molecule has 8 nitrogen and oxygen atoms in total. The van der Waals surface area contributed by atoms with Crippen LogP contribution in [0.1, 0.15) is 36.6 Å². The summed E-state index contributed by atoms with van der Waals surface area (Å²) in [5.74, 6) is -1.17. The normalized spacial score (nSPS) is 14.5. The van der Waals surface area contributed by atoms with Crippen LogP contribution in [0, 0.1) is 0 Å². The van der Waals surface area contributed by atoms with Crippen molar-refractivity contribution in [1.29, 1.82) is 0 Å². The number of benzene rings is 2. The van der Waals surface area contributed by atoms with Gasteiger partial charge in [-0.3, -0.25) is 4.79 Å². The molecule has 4 rings (SSSR count). The van der Waals surface area contributed by atoms with E-state index in [4.69, 9.17) is 27.9 Å². The standard InChI is InChI=1S/C27H26Cl2N4O4.Na.H/c28-21-5-2-6-22(29)24(21)25(34)32-23(26(35)36)7-1-4-18-8-10-19(11-9-18)33(20-12-16-37-17-13-20)27-30-14-3-15-31-27;;/h1-6,8-11,14-15,20,23H,7,12-13,16-17H2,(H,32,34)(H,35,36);;/q;+1;-1/b4-1+;;. The van der Waals surface area contributed by atoms with E-state index in [0.717, 1.165) is 24.1 Å². The van der Waals surface area contributed by atoms with Crippen LogP contribution in [-0.4, -0.2) is 52.2 Å². The summed E-state index contributed by atoms with van der Waals surface area (Å²) < 4.78 is 5.52. The Bertz CT molecular complexity index is 1240. The fourth-order valence-electron chi connectivity index (χ4n) is 4.10. The molecule has 3 aromatic rings. The first kappa shape index (κ1) is 30.1. The van der Waals surface area contributed by atoms with Crippen LogP contribution >= 0.6 is 23.2 Å². The summed E-state index contributed by atoms with van der Waals surface area (Å²) in [4.78, 5) is 35.4. The van der Waals surface area contributed by atoms with Crippen LogP contribution in [-0.2, 0) is 9.53 Å². The number of aromatic nitrogens is 2. The molecule has 1 aliphatic heterocycles. The Morgan fingerprint density at radius 1 is 1.08 bits per heavy atom. The van der Waals surface area contributed by atoms with Gasteiger partial charge in [-0.05, 0) is 55.2 Å². The Kier molecular flexibility index (Phi) is 11.6. The minimum Gasteiger partial charge on any atom is -1.00 e. The molecule has 2 aromatic carbocycles. The second-order valence-electron chi connectivity index (χ2n) is 8.45. The SMILES string of the molecule is O=C(NC(C/C=C/c1ccc(N(c2ncccn2)C2CCOCC2)cc1)C(=O)O)c1c(Cl)cccc1Cl.[H-].[Na+]. The molecular weight excluding hydrogens is 538 g/mol. The number of hydrogen-bond donors (Lipinski definition) is 2. The van der Waals surface area contributed by atoms with Gasteiger partial charge in [0.15, 0.2) is 0 Å². The number of ether oxygens (including phenoxy) is 1. The molecule has 1 aliphatic rings. The molecule has 11 heteroatoms. The largest absolute Gasteiger partial charge is 1.00 e. The number of halogens is 2. The Labute approximate surface area is 254 Å². The van der Waals surface area contributed by atoms with Gasteiger partial charge in [0.1, 0.15) is 6.04 Å². The third-order valence-electron chi connectivity index (χ3n) is 5.97. The number of aliphatic carboxylic acids is 1. The van der Waals surface area contributed by atoms with Gasteiger partial charge >= 0.3 is 35.5 Å². The molecule has 0 spiro atoms. The molecular formula is C27H27Cl2N4NaO4. The van der Waals surface area contributed by atoms with Gasteiger partial charge in [0.2, 0.25) is 5.95 Å². The Morgan fingerprint density at radius 2 is 1.71 bits per heavy atom. The third-order valence-corrected chi connectivity index (χ3v) is 6.60. The molecule has 1 saturated heterocycles. The minimum atomic E-state index is -1.16. The van der Waals surface area contributed by atoms with Crippen LogP contribution in [0.25, 0.3) is 6.08 Å². The van der Waals surface area contributed by atoms with Crippen molar-refractivity contribution in [2.75, 3.05) is 18.1 Å². The summed E-state index contributed by atoms with van der Waals surface area (Å²) in [6, 6.07) is 13.4. The van der Waals surface area contributed by atoms with Crippen molar-refractivity contribution in [3.8, 4) is 0 Å². The van der Waals surface area contributed by atoms with E-state index in [1.807, 2.05) is 30.3 Å². The van der Waals surface area contributed by atoms with Crippen LogP contribution in [0.2, 0.25) is 10.0 Å². The van der Waals surface area contributed by atoms with Crippen LogP contribution < -0.4 is 39.8 Å². The van der Waals surface area contributed by atoms with Crippen molar-refractivity contribution >= 4 is 52.8 Å². The Hall–Kier alpha value is -2.46. The summed E-state index contributed by atoms with van der Waals surface area (Å²) in [6.45, 7) is 1.39. The van der Waals surface area contributed by atoms with Gasteiger partial charge in [0, 0.05) is 37.3 Å². The summed E-state index contributed by atoms with van der Waals surface area (Å²) in [6.07, 6.45) is 8.80. The maximum atomic E-state index is 12.6. The van der Waals surface area contributed by atoms with Crippen molar-refractivity contribution in [3.05, 3.63) is 88.2 Å². The third kappa shape index (κ3) is 7.79. The van der Waals surface area contributed by atoms with Crippen molar-refractivity contribution < 1.29 is 50.4 Å². The number of anilines is 2. The number of rotatable bonds is 9. The Balaban J connectivity index is 0.00000267. The predicted octanol–water partition coefficient (Wildman–Crippen LogP) is 2.50. The van der Waals surface area contributed by atoms with Gasteiger partial charge in [0.05, 0.1) is 15.6 Å². The van der Waals surface area contributed by atoms with Gasteiger partial charge in [-0.15, -0.1) is 0 Å². The van der Waals surface area contributed by atoms with Crippen molar-refractivity contribution in [1.82, 2.24) is 15.3 Å². The number of carbonyl (C=O) groups excluding carboxylic acids is 1. The van der Waals surface area contributed by atoms with Crippen molar-refractivity contribution in [2.45, 2.75) is 31.3 Å². The zero-order chi connectivity index (χ0) is 26.2. The predicted molar refractivity (Wildman–Crippen MR) is 145 cm³/mol. The van der Waals surface area contributed by atoms with Crippen LogP contribution in [0.15, 0.2) is 67.0 Å². The minimum absolute atomic E-state index is 0. The van der Waals surface area contributed by atoms with Crippen molar-refractivity contribution in [2.24, 2.45) is 0 Å². The quantitative estimate of drug-likeness (QED) is 0.385. The fraction of sp³-hybridized carbons (Fsp3) is 0.259. The van der Waals surface area contributed by atoms with E-state index in [9.17, 15) is 14.7 Å². The molecule has 2 N–H and O–H groups in total. The van der Waals surface area contributed by atoms with Crippen LogP contribution in [0.4, 0.5) is 11.6 Å². The van der Waals surface area contributed by atoms with Gasteiger partial charge < -0.3 is 21.5 Å². The molecule has 0 radical (unpaired) electrons. The van der Waals surface area contributed by atoms with Crippen LogP contribution in [0.3, 0.4) is 0 Å². The number of carboxylic acids is 1. The average molecular weight is 565 g/mol. The van der Waals surface area contributed by atoms with Gasteiger partial charge in [-0.25, -0.2) is 14.8 Å². The first-order valence-electron chi connectivity index (χ1n) is 11.8. The second-order valence-corrected chi connectivity index (χ2v) is 9.27. The molecule has 194 valence electrons. The zero-order valence-corrected chi connectivity index (χ0v) is 24.4. The van der Waals surface area contributed by atoms with E-state index in [-0.39, 0.29) is 59.1 Å². The summed E-state index contributed by atoms with van der Waals surface area (Å²) >= 11 is 12.1. The van der Waals surface area contributed by atoms with E-state index in [1.165, 1.54) is 12.1 Å². The van der Waals surface area contributed by atoms with E-state index in [2.05, 4.69) is 20.2 Å². The molecule has 1 unspecified atom stereocenters. The topological polar surface area (TPSA) is 105 Å². The fourth-order valence-corrected chi connectivity index (χ4v) is 4.67. The zero-order valence-electron chi connectivity index (χ0n) is 21.9.